The maximum absolute atomic E-state index is 6.20. The molecule has 0 amide bonds. The molecule has 0 saturated carbocycles. The predicted octanol–water partition coefficient (Wildman–Crippen LogP) is 3.17. The van der Waals surface area contributed by atoms with E-state index in [2.05, 4.69) is 33.5 Å². The number of hydrogen-bond acceptors (Lipinski definition) is 3. The van der Waals surface area contributed by atoms with E-state index in [0.717, 1.165) is 81.9 Å². The van der Waals surface area contributed by atoms with E-state index in [1.54, 1.807) is 0 Å². The third-order valence-electron chi connectivity index (χ3n) is 4.24. The van der Waals surface area contributed by atoms with Gasteiger partial charge in [-0.2, -0.15) is 0 Å². The van der Waals surface area contributed by atoms with Gasteiger partial charge in [0.25, 0.3) is 0 Å². The van der Waals surface area contributed by atoms with Crippen molar-refractivity contribution in [2.75, 3.05) is 52.5 Å². The zero-order chi connectivity index (χ0) is 17.7. The molecule has 26 heavy (non-hydrogen) atoms. The average molecular weight is 495 g/mol. The van der Waals surface area contributed by atoms with Crippen LogP contribution in [0.15, 0.2) is 29.3 Å². The van der Waals surface area contributed by atoms with Gasteiger partial charge in [-0.3, -0.25) is 9.89 Å². The molecule has 1 aliphatic heterocycles. The van der Waals surface area contributed by atoms with Gasteiger partial charge in [0.05, 0.1) is 13.2 Å². The number of aliphatic imine (C=N–C) groups is 1. The van der Waals surface area contributed by atoms with Crippen LogP contribution in [0.4, 0.5) is 0 Å². The number of nitrogens with zero attached hydrogens (tertiary/aromatic N) is 2. The van der Waals surface area contributed by atoms with Crippen LogP contribution in [0.2, 0.25) is 5.02 Å². The minimum Gasteiger partial charge on any atom is -0.379 e. The van der Waals surface area contributed by atoms with Crippen molar-refractivity contribution in [1.29, 1.82) is 0 Å². The highest BCUT2D eigenvalue weighted by Gasteiger charge is 2.08. The summed E-state index contributed by atoms with van der Waals surface area (Å²) in [6.45, 7) is 9.65. The van der Waals surface area contributed by atoms with E-state index in [1.165, 1.54) is 6.42 Å². The summed E-state index contributed by atoms with van der Waals surface area (Å²) in [6, 6.07) is 7.99. The Bertz CT molecular complexity index is 524. The molecule has 2 rings (SSSR count). The van der Waals surface area contributed by atoms with E-state index in [-0.39, 0.29) is 24.0 Å². The number of morpholine rings is 1. The molecule has 1 heterocycles. The summed E-state index contributed by atoms with van der Waals surface area (Å²) in [7, 11) is 0. The lowest BCUT2D eigenvalue weighted by molar-refractivity contribution is 0.0373. The van der Waals surface area contributed by atoms with Crippen molar-refractivity contribution in [3.8, 4) is 0 Å². The third kappa shape index (κ3) is 9.39. The highest BCUT2D eigenvalue weighted by atomic mass is 127. The molecule has 0 spiro atoms. The quantitative estimate of drug-likeness (QED) is 0.240. The number of ether oxygens (including phenoxy) is 1. The summed E-state index contributed by atoms with van der Waals surface area (Å²) >= 11 is 6.20. The summed E-state index contributed by atoms with van der Waals surface area (Å²) < 4.78 is 5.37. The Morgan fingerprint density at radius 2 is 1.96 bits per heavy atom. The molecule has 0 atom stereocenters. The van der Waals surface area contributed by atoms with Crippen molar-refractivity contribution in [3.05, 3.63) is 34.9 Å². The second-order valence-electron chi connectivity index (χ2n) is 6.19. The van der Waals surface area contributed by atoms with Crippen LogP contribution >= 0.6 is 35.6 Å². The fourth-order valence-corrected chi connectivity index (χ4v) is 3.05. The Kier molecular flexibility index (Phi) is 13.1. The first kappa shape index (κ1) is 23.5. The molecule has 148 valence electrons. The van der Waals surface area contributed by atoms with Crippen LogP contribution in [0.5, 0.6) is 0 Å². The van der Waals surface area contributed by atoms with Crippen molar-refractivity contribution in [3.63, 3.8) is 0 Å². The number of halogens is 2. The summed E-state index contributed by atoms with van der Waals surface area (Å²) in [5.41, 5.74) is 1.16. The third-order valence-corrected chi connectivity index (χ3v) is 4.61. The van der Waals surface area contributed by atoms with Gasteiger partial charge in [-0.1, -0.05) is 29.8 Å². The maximum Gasteiger partial charge on any atom is 0.191 e. The van der Waals surface area contributed by atoms with Crippen molar-refractivity contribution in [2.24, 2.45) is 4.99 Å². The van der Waals surface area contributed by atoms with Gasteiger partial charge in [0, 0.05) is 37.7 Å². The molecule has 1 aromatic carbocycles. The second-order valence-corrected chi connectivity index (χ2v) is 6.60. The normalized spacial score (nSPS) is 15.4. The van der Waals surface area contributed by atoms with E-state index in [9.17, 15) is 0 Å². The van der Waals surface area contributed by atoms with Crippen LogP contribution in [0, 0.1) is 0 Å². The van der Waals surface area contributed by atoms with Gasteiger partial charge < -0.3 is 15.4 Å². The number of rotatable bonds is 9. The standard InChI is InChI=1S/C19H31ClN4O.HI/c1-2-21-19(23-11-9-17-7-3-4-8-18(17)20)22-10-5-6-12-24-13-15-25-16-14-24;/h3-4,7-8H,2,5-6,9-16H2,1H3,(H2,21,22,23);1H. The first-order valence-corrected chi connectivity index (χ1v) is 9.73. The van der Waals surface area contributed by atoms with E-state index in [0.29, 0.717) is 0 Å². The van der Waals surface area contributed by atoms with Gasteiger partial charge in [0.1, 0.15) is 0 Å². The van der Waals surface area contributed by atoms with Crippen molar-refractivity contribution in [1.82, 2.24) is 15.5 Å². The monoisotopic (exact) mass is 494 g/mol. The topological polar surface area (TPSA) is 48.9 Å². The summed E-state index contributed by atoms with van der Waals surface area (Å²) in [5.74, 6) is 0.890. The Balaban J connectivity index is 0.00000338. The first-order valence-electron chi connectivity index (χ1n) is 9.35. The van der Waals surface area contributed by atoms with E-state index in [1.807, 2.05) is 18.2 Å². The van der Waals surface area contributed by atoms with Crippen molar-refractivity contribution < 1.29 is 4.74 Å². The average Bonchev–Trinajstić information content (AvgIpc) is 2.64. The van der Waals surface area contributed by atoms with Crippen LogP contribution < -0.4 is 10.6 Å². The predicted molar refractivity (Wildman–Crippen MR) is 121 cm³/mol. The highest BCUT2D eigenvalue weighted by molar-refractivity contribution is 14.0. The molecule has 0 aromatic heterocycles. The molecule has 1 saturated heterocycles. The molecule has 2 N–H and O–H groups in total. The summed E-state index contributed by atoms with van der Waals surface area (Å²) in [4.78, 5) is 7.14. The first-order chi connectivity index (χ1) is 12.3. The van der Waals surface area contributed by atoms with Crippen molar-refractivity contribution >= 4 is 41.5 Å². The molecule has 0 unspecified atom stereocenters. The zero-order valence-corrected chi connectivity index (χ0v) is 18.8. The van der Waals surface area contributed by atoms with E-state index in [4.69, 9.17) is 16.3 Å². The molecule has 0 bridgehead atoms. The Labute approximate surface area is 179 Å². The Hall–Kier alpha value is -0.570. The molecule has 1 aliphatic rings. The van der Waals surface area contributed by atoms with Crippen LogP contribution in [0.3, 0.4) is 0 Å². The molecule has 0 radical (unpaired) electrons. The molecule has 1 aromatic rings. The van der Waals surface area contributed by atoms with Crippen LogP contribution in [0.25, 0.3) is 0 Å². The van der Waals surface area contributed by atoms with Gasteiger partial charge in [-0.05, 0) is 44.4 Å². The highest BCUT2D eigenvalue weighted by Crippen LogP contribution is 2.14. The number of hydrogen-bond donors (Lipinski definition) is 2. The number of unbranched alkanes of at least 4 members (excludes halogenated alkanes) is 1. The van der Waals surface area contributed by atoms with Crippen molar-refractivity contribution in [2.45, 2.75) is 26.2 Å². The van der Waals surface area contributed by atoms with Crippen LogP contribution in [-0.4, -0.2) is 63.3 Å². The largest absolute Gasteiger partial charge is 0.379 e. The minimum atomic E-state index is 0. The number of nitrogens with one attached hydrogen (secondary N) is 2. The molecule has 0 aliphatic carbocycles. The van der Waals surface area contributed by atoms with E-state index < -0.39 is 0 Å². The molecule has 1 fully saturated rings. The SMILES string of the molecule is CCNC(=NCCCCN1CCOCC1)NCCc1ccccc1Cl.I. The Morgan fingerprint density at radius 3 is 2.69 bits per heavy atom. The Morgan fingerprint density at radius 1 is 1.19 bits per heavy atom. The lowest BCUT2D eigenvalue weighted by atomic mass is 10.1. The summed E-state index contributed by atoms with van der Waals surface area (Å²) in [5, 5.41) is 7.52. The number of guanidine groups is 1. The van der Waals surface area contributed by atoms with Gasteiger partial charge in [0.15, 0.2) is 5.96 Å². The second kappa shape index (κ2) is 14.5. The lowest BCUT2D eigenvalue weighted by Gasteiger charge is -2.26. The molecular weight excluding hydrogens is 463 g/mol. The van der Waals surface area contributed by atoms with Gasteiger partial charge in [0.2, 0.25) is 0 Å². The molecule has 7 heteroatoms. The van der Waals surface area contributed by atoms with Gasteiger partial charge in [-0.25, -0.2) is 0 Å². The van der Waals surface area contributed by atoms with Gasteiger partial charge >= 0.3 is 0 Å². The van der Waals surface area contributed by atoms with Crippen LogP contribution in [0.1, 0.15) is 25.3 Å². The fraction of sp³-hybridized carbons (Fsp3) is 0.632. The smallest absolute Gasteiger partial charge is 0.191 e. The molecule has 5 nitrogen and oxygen atoms in total. The van der Waals surface area contributed by atoms with E-state index >= 15 is 0 Å². The number of benzene rings is 1. The lowest BCUT2D eigenvalue weighted by Crippen LogP contribution is -2.38. The maximum atomic E-state index is 6.20. The van der Waals surface area contributed by atoms with Gasteiger partial charge in [-0.15, -0.1) is 24.0 Å². The van der Waals surface area contributed by atoms with Crippen LogP contribution in [-0.2, 0) is 11.2 Å². The fourth-order valence-electron chi connectivity index (χ4n) is 2.82. The summed E-state index contributed by atoms with van der Waals surface area (Å²) in [6.07, 6.45) is 3.18. The zero-order valence-electron chi connectivity index (χ0n) is 15.7. The molecular formula is C19H32ClIN4O. The minimum absolute atomic E-state index is 0.